The second-order valence-corrected chi connectivity index (χ2v) is 7.12. The Morgan fingerprint density at radius 1 is 0.966 bits per heavy atom. The fourth-order valence-electron chi connectivity index (χ4n) is 3.53. The molecule has 2 aromatic carbocycles. The number of hydrogen-bond acceptors (Lipinski definition) is 6. The maximum Gasteiger partial charge on any atom is 0.314 e. The summed E-state index contributed by atoms with van der Waals surface area (Å²) in [6.45, 7) is 0. The molecule has 0 unspecified atom stereocenters. The van der Waals surface area contributed by atoms with Crippen LogP contribution < -0.4 is 19.6 Å². The first-order valence-electron chi connectivity index (χ1n) is 9.73. The fraction of sp³-hybridized carbons (Fsp3) is 0.304. The lowest BCUT2D eigenvalue weighted by molar-refractivity contribution is -0.139. The lowest BCUT2D eigenvalue weighted by atomic mass is 9.89. The average molecular weight is 394 g/mol. The molecule has 1 aromatic heterocycles. The van der Waals surface area contributed by atoms with Crippen LogP contribution in [0.4, 0.5) is 0 Å². The molecule has 150 valence electrons. The SMILES string of the molecule is COc1ccc(Oc2coc3cc(OC(=O)C4CCCCC4)ccc3c2=O)cc1. The third-order valence-corrected chi connectivity index (χ3v) is 5.16. The minimum Gasteiger partial charge on any atom is -0.497 e. The molecule has 4 rings (SSSR count). The number of carbonyl (C=O) groups is 1. The highest BCUT2D eigenvalue weighted by Crippen LogP contribution is 2.28. The molecule has 1 aliphatic carbocycles. The van der Waals surface area contributed by atoms with Crippen LogP contribution in [0.15, 0.2) is 57.9 Å². The normalized spacial score (nSPS) is 14.5. The minimum atomic E-state index is -0.299. The van der Waals surface area contributed by atoms with Crippen molar-refractivity contribution in [1.82, 2.24) is 0 Å². The van der Waals surface area contributed by atoms with Crippen molar-refractivity contribution < 1.29 is 23.4 Å². The molecule has 1 heterocycles. The van der Waals surface area contributed by atoms with Crippen LogP contribution in [0.3, 0.4) is 0 Å². The topological polar surface area (TPSA) is 75.0 Å². The highest BCUT2D eigenvalue weighted by molar-refractivity contribution is 5.81. The van der Waals surface area contributed by atoms with E-state index in [1.165, 1.54) is 12.7 Å². The van der Waals surface area contributed by atoms with Gasteiger partial charge in [-0.2, -0.15) is 0 Å². The molecule has 6 heteroatoms. The largest absolute Gasteiger partial charge is 0.497 e. The molecular formula is C23H22O6. The van der Waals surface area contributed by atoms with Crippen LogP contribution in [0.25, 0.3) is 11.0 Å². The molecular weight excluding hydrogens is 372 g/mol. The summed E-state index contributed by atoms with van der Waals surface area (Å²) in [5.74, 6) is 1.38. The zero-order valence-corrected chi connectivity index (χ0v) is 16.2. The predicted molar refractivity (Wildman–Crippen MR) is 108 cm³/mol. The molecule has 0 bridgehead atoms. The van der Waals surface area contributed by atoms with Crippen LogP contribution in [0.2, 0.25) is 0 Å². The van der Waals surface area contributed by atoms with Gasteiger partial charge in [-0.25, -0.2) is 0 Å². The molecule has 0 spiro atoms. The number of esters is 1. The molecule has 0 aliphatic heterocycles. The van der Waals surface area contributed by atoms with Crippen LogP contribution in [0, 0.1) is 5.92 Å². The van der Waals surface area contributed by atoms with Crippen molar-refractivity contribution in [3.05, 3.63) is 59.0 Å². The first kappa shape index (κ1) is 19.1. The van der Waals surface area contributed by atoms with Gasteiger partial charge in [0, 0.05) is 6.07 Å². The summed E-state index contributed by atoms with van der Waals surface area (Å²) in [7, 11) is 1.58. The Morgan fingerprint density at radius 3 is 2.38 bits per heavy atom. The van der Waals surface area contributed by atoms with E-state index in [0.717, 1.165) is 25.7 Å². The van der Waals surface area contributed by atoms with Crippen molar-refractivity contribution in [2.45, 2.75) is 32.1 Å². The van der Waals surface area contributed by atoms with Gasteiger partial charge in [0.25, 0.3) is 0 Å². The van der Waals surface area contributed by atoms with Gasteiger partial charge in [-0.1, -0.05) is 19.3 Å². The van der Waals surface area contributed by atoms with Crippen molar-refractivity contribution >= 4 is 16.9 Å². The van der Waals surface area contributed by atoms with E-state index in [2.05, 4.69) is 0 Å². The number of ether oxygens (including phenoxy) is 3. The minimum absolute atomic E-state index is 0.0493. The number of fused-ring (bicyclic) bond motifs is 1. The molecule has 0 amide bonds. The van der Waals surface area contributed by atoms with Crippen LogP contribution in [-0.4, -0.2) is 13.1 Å². The number of rotatable bonds is 5. The van der Waals surface area contributed by atoms with Crippen molar-refractivity contribution in [3.63, 3.8) is 0 Å². The zero-order valence-electron chi connectivity index (χ0n) is 16.2. The predicted octanol–water partition coefficient (Wildman–Crippen LogP) is 5.08. The summed E-state index contributed by atoms with van der Waals surface area (Å²) in [4.78, 5) is 25.0. The van der Waals surface area contributed by atoms with Crippen LogP contribution in [0.5, 0.6) is 23.0 Å². The molecule has 0 atom stereocenters. The van der Waals surface area contributed by atoms with Crippen molar-refractivity contribution in [2.24, 2.45) is 5.92 Å². The standard InChI is InChI=1S/C23H22O6/c1-26-16-7-9-17(10-8-16)28-21-14-27-20-13-18(11-12-19(20)22(21)24)29-23(25)15-5-3-2-4-6-15/h7-15H,2-6H2,1H3. The summed E-state index contributed by atoms with van der Waals surface area (Å²) in [5, 5.41) is 0.355. The third-order valence-electron chi connectivity index (χ3n) is 5.16. The van der Waals surface area contributed by atoms with E-state index in [9.17, 15) is 9.59 Å². The summed E-state index contributed by atoms with van der Waals surface area (Å²) in [6.07, 6.45) is 6.29. The highest BCUT2D eigenvalue weighted by atomic mass is 16.5. The molecule has 3 aromatic rings. The Balaban J connectivity index is 1.53. The number of benzene rings is 2. The van der Waals surface area contributed by atoms with Gasteiger partial charge in [-0.05, 0) is 49.2 Å². The second-order valence-electron chi connectivity index (χ2n) is 7.12. The van der Waals surface area contributed by atoms with Crippen molar-refractivity contribution in [1.29, 1.82) is 0 Å². The Hall–Kier alpha value is -3.28. The molecule has 1 aliphatic rings. The second kappa shape index (κ2) is 8.39. The fourth-order valence-corrected chi connectivity index (χ4v) is 3.53. The molecule has 0 saturated heterocycles. The first-order valence-corrected chi connectivity index (χ1v) is 9.73. The van der Waals surface area contributed by atoms with E-state index < -0.39 is 0 Å². The lowest BCUT2D eigenvalue weighted by Gasteiger charge is -2.19. The quantitative estimate of drug-likeness (QED) is 0.444. The molecule has 1 fully saturated rings. The first-order chi connectivity index (χ1) is 14.1. The van der Waals surface area contributed by atoms with Crippen LogP contribution >= 0.6 is 0 Å². The monoisotopic (exact) mass is 394 g/mol. The summed E-state index contributed by atoms with van der Waals surface area (Å²) < 4.78 is 21.8. The molecule has 0 radical (unpaired) electrons. The molecule has 6 nitrogen and oxygen atoms in total. The summed E-state index contributed by atoms with van der Waals surface area (Å²) in [6, 6.07) is 11.7. The Morgan fingerprint density at radius 2 is 1.66 bits per heavy atom. The van der Waals surface area contributed by atoms with Crippen LogP contribution in [-0.2, 0) is 4.79 Å². The van der Waals surface area contributed by atoms with Gasteiger partial charge in [0.2, 0.25) is 11.2 Å². The smallest absolute Gasteiger partial charge is 0.314 e. The number of hydrogen-bond donors (Lipinski definition) is 0. The summed E-state index contributed by atoms with van der Waals surface area (Å²) >= 11 is 0. The Labute approximate surface area is 168 Å². The number of carbonyl (C=O) groups excluding carboxylic acids is 1. The molecule has 29 heavy (non-hydrogen) atoms. The van der Waals surface area contributed by atoms with Crippen molar-refractivity contribution in [2.75, 3.05) is 7.11 Å². The number of methoxy groups -OCH3 is 1. The van der Waals surface area contributed by atoms with E-state index in [1.807, 2.05) is 0 Å². The molecule has 1 saturated carbocycles. The highest BCUT2D eigenvalue weighted by Gasteiger charge is 2.23. The maximum atomic E-state index is 12.7. The van der Waals surface area contributed by atoms with Gasteiger partial charge >= 0.3 is 5.97 Å². The van der Waals surface area contributed by atoms with E-state index in [1.54, 1.807) is 49.6 Å². The Bertz CT molecular complexity index is 1060. The van der Waals surface area contributed by atoms with E-state index in [-0.39, 0.29) is 23.1 Å². The van der Waals surface area contributed by atoms with Gasteiger partial charge < -0.3 is 18.6 Å². The van der Waals surface area contributed by atoms with Gasteiger partial charge in [0.15, 0.2) is 0 Å². The average Bonchev–Trinajstić information content (AvgIpc) is 2.77. The third kappa shape index (κ3) is 4.26. The van der Waals surface area contributed by atoms with Gasteiger partial charge in [0.05, 0.1) is 18.4 Å². The van der Waals surface area contributed by atoms with Crippen LogP contribution in [0.1, 0.15) is 32.1 Å². The van der Waals surface area contributed by atoms with E-state index >= 15 is 0 Å². The van der Waals surface area contributed by atoms with Gasteiger partial charge in [-0.15, -0.1) is 0 Å². The zero-order chi connectivity index (χ0) is 20.2. The Kier molecular flexibility index (Phi) is 5.51. The van der Waals surface area contributed by atoms with Crippen molar-refractivity contribution in [3.8, 4) is 23.0 Å². The lowest BCUT2D eigenvalue weighted by Crippen LogP contribution is -2.22. The van der Waals surface area contributed by atoms with E-state index in [4.69, 9.17) is 18.6 Å². The summed E-state index contributed by atoms with van der Waals surface area (Å²) in [5.41, 5.74) is 0.0400. The van der Waals surface area contributed by atoms with Gasteiger partial charge in [-0.3, -0.25) is 9.59 Å². The maximum absolute atomic E-state index is 12.7. The molecule has 0 N–H and O–H groups in total. The van der Waals surface area contributed by atoms with Gasteiger partial charge in [0.1, 0.15) is 29.1 Å². The van der Waals surface area contributed by atoms with E-state index in [0.29, 0.717) is 28.2 Å².